The van der Waals surface area contributed by atoms with E-state index in [1.807, 2.05) is 0 Å². The van der Waals surface area contributed by atoms with Gasteiger partial charge in [-0.3, -0.25) is 0 Å². The first-order chi connectivity index (χ1) is 3.93. The summed E-state index contributed by atoms with van der Waals surface area (Å²) in [5.74, 6) is 0. The van der Waals surface area contributed by atoms with Gasteiger partial charge in [0.15, 0.2) is 0 Å². The van der Waals surface area contributed by atoms with E-state index in [2.05, 4.69) is 3.53 Å². The number of hydrogen-bond acceptors (Lipinski definition) is 2. The van der Waals surface area contributed by atoms with Crippen LogP contribution in [0.1, 0.15) is 0 Å². The van der Waals surface area contributed by atoms with Crippen LogP contribution in [-0.2, 0) is 9.53 Å². The number of alkyl halides is 2. The number of nitrogens with one attached hydrogen (secondary N) is 1. The van der Waals surface area contributed by atoms with E-state index in [4.69, 9.17) is 4.74 Å². The Bertz CT molecular complexity index is 82.1. The third kappa shape index (κ3) is 1.59. The van der Waals surface area contributed by atoms with E-state index < -0.39 is 20.1 Å². The maximum atomic E-state index is 9.83. The van der Waals surface area contributed by atoms with Crippen LogP contribution in [-0.4, -0.2) is 22.1 Å². The van der Waals surface area contributed by atoms with E-state index in [1.165, 1.54) is 0 Å². The molecule has 1 heterocycles. The molecule has 0 atom stereocenters. The molecule has 48 valence electrons. The molecule has 0 unspecified atom stereocenters. The Balaban J connectivity index is 2.14. The van der Waals surface area contributed by atoms with Crippen LogP contribution >= 0.6 is 20.1 Å². The standard InChI is InChI=1S/C4H8INO2/c7-4-6-5-1-2-8-3-5/h4H,1-3H2,(H,6,7). The zero-order chi connectivity index (χ0) is 5.82. The minimum absolute atomic E-state index is 0.791. The predicted octanol–water partition coefficient (Wildman–Crippen LogP) is 0.141. The average Bonchev–Trinajstić information content (AvgIpc) is 2.19. The summed E-state index contributed by atoms with van der Waals surface area (Å²) in [4.78, 5) is 9.83. The third-order valence-electron chi connectivity index (χ3n) is 0.857. The summed E-state index contributed by atoms with van der Waals surface area (Å²) >= 11 is -1.07. The number of ether oxygens (including phenoxy) is 1. The number of carbonyl (C=O) groups is 1. The van der Waals surface area contributed by atoms with Crippen molar-refractivity contribution in [1.82, 2.24) is 3.53 Å². The van der Waals surface area contributed by atoms with Gasteiger partial charge in [0.2, 0.25) is 0 Å². The zero-order valence-corrected chi connectivity index (χ0v) is 6.55. The summed E-state index contributed by atoms with van der Waals surface area (Å²) in [5, 5.41) is 0. The average molecular weight is 229 g/mol. The van der Waals surface area contributed by atoms with Crippen molar-refractivity contribution in [2.75, 3.05) is 15.6 Å². The molecule has 0 aromatic heterocycles. The molecule has 8 heavy (non-hydrogen) atoms. The Labute approximate surface area is 55.5 Å². The number of carbonyl (C=O) groups excluding carboxylic acids is 1. The summed E-state index contributed by atoms with van der Waals surface area (Å²) in [6.45, 7) is 0.853. The van der Waals surface area contributed by atoms with Crippen molar-refractivity contribution in [2.45, 2.75) is 0 Å². The molecule has 0 saturated carbocycles. The summed E-state index contributed by atoms with van der Waals surface area (Å²) in [6, 6.07) is 0. The molecule has 0 aliphatic carbocycles. The van der Waals surface area contributed by atoms with Crippen LogP contribution in [0.4, 0.5) is 0 Å². The second-order valence-electron chi connectivity index (χ2n) is 1.39. The van der Waals surface area contributed by atoms with Gasteiger partial charge < -0.3 is 0 Å². The van der Waals surface area contributed by atoms with Crippen LogP contribution < -0.4 is 3.53 Å². The van der Waals surface area contributed by atoms with Crippen LogP contribution in [0.3, 0.4) is 0 Å². The molecule has 1 N–H and O–H groups in total. The van der Waals surface area contributed by atoms with Gasteiger partial charge in [0.05, 0.1) is 0 Å². The summed E-state index contributed by atoms with van der Waals surface area (Å²) in [5.41, 5.74) is 0. The first-order valence-electron chi connectivity index (χ1n) is 2.33. The molecule has 0 aromatic rings. The Morgan fingerprint density at radius 3 is 3.12 bits per heavy atom. The van der Waals surface area contributed by atoms with Gasteiger partial charge in [-0.2, -0.15) is 0 Å². The van der Waals surface area contributed by atoms with E-state index in [1.54, 1.807) is 0 Å². The van der Waals surface area contributed by atoms with Crippen molar-refractivity contribution in [3.63, 3.8) is 0 Å². The molecule has 1 rings (SSSR count). The zero-order valence-electron chi connectivity index (χ0n) is 4.39. The monoisotopic (exact) mass is 229 g/mol. The van der Waals surface area contributed by atoms with Crippen LogP contribution in [0.25, 0.3) is 0 Å². The van der Waals surface area contributed by atoms with Crippen LogP contribution in [0.15, 0.2) is 0 Å². The second-order valence-corrected chi connectivity index (χ2v) is 6.32. The van der Waals surface area contributed by atoms with Gasteiger partial charge in [0.25, 0.3) is 0 Å². The number of rotatable bonds is 2. The van der Waals surface area contributed by atoms with Gasteiger partial charge in [-0.15, -0.1) is 0 Å². The van der Waals surface area contributed by atoms with Crippen molar-refractivity contribution in [2.24, 2.45) is 0 Å². The number of halogens is 1. The van der Waals surface area contributed by atoms with Gasteiger partial charge in [-0.05, 0) is 0 Å². The molecule has 4 heteroatoms. The van der Waals surface area contributed by atoms with E-state index >= 15 is 0 Å². The Morgan fingerprint density at radius 1 is 1.75 bits per heavy atom. The first-order valence-corrected chi connectivity index (χ1v) is 6.46. The van der Waals surface area contributed by atoms with Crippen LogP contribution in [0.5, 0.6) is 0 Å². The molecule has 1 aliphatic heterocycles. The van der Waals surface area contributed by atoms with Crippen LogP contribution in [0, 0.1) is 0 Å². The first kappa shape index (κ1) is 6.28. The van der Waals surface area contributed by atoms with E-state index in [-0.39, 0.29) is 0 Å². The molecule has 0 aromatic carbocycles. The van der Waals surface area contributed by atoms with Gasteiger partial charge in [0.1, 0.15) is 0 Å². The number of amides is 1. The molecule has 1 fully saturated rings. The Kier molecular flexibility index (Phi) is 2.54. The summed E-state index contributed by atoms with van der Waals surface area (Å²) < 4.78 is 9.80. The number of hydrogen-bond donors (Lipinski definition) is 1. The maximum absolute atomic E-state index is 9.83. The quantitative estimate of drug-likeness (QED) is 0.316. The topological polar surface area (TPSA) is 38.3 Å². The van der Waals surface area contributed by atoms with E-state index in [9.17, 15) is 4.79 Å². The van der Waals surface area contributed by atoms with Crippen molar-refractivity contribution in [3.8, 4) is 0 Å². The fourth-order valence-electron chi connectivity index (χ4n) is 0.499. The van der Waals surface area contributed by atoms with Crippen molar-refractivity contribution >= 4 is 26.5 Å². The summed E-state index contributed by atoms with van der Waals surface area (Å²) in [6.07, 6.45) is 0.791. The molecule has 0 spiro atoms. The van der Waals surface area contributed by atoms with E-state index in [0.29, 0.717) is 0 Å². The van der Waals surface area contributed by atoms with Gasteiger partial charge >= 0.3 is 55.2 Å². The molecular weight excluding hydrogens is 221 g/mol. The Morgan fingerprint density at radius 2 is 2.62 bits per heavy atom. The van der Waals surface area contributed by atoms with Crippen molar-refractivity contribution < 1.29 is 9.53 Å². The third-order valence-corrected chi connectivity index (χ3v) is 4.93. The second kappa shape index (κ2) is 3.24. The van der Waals surface area contributed by atoms with Crippen LogP contribution in [0.2, 0.25) is 0 Å². The molecule has 0 radical (unpaired) electrons. The van der Waals surface area contributed by atoms with Crippen molar-refractivity contribution in [1.29, 1.82) is 0 Å². The molecule has 1 amide bonds. The molecule has 1 aliphatic rings. The normalized spacial score (nSPS) is 23.2. The minimum atomic E-state index is -1.07. The molecule has 1 saturated heterocycles. The van der Waals surface area contributed by atoms with Gasteiger partial charge in [-0.1, -0.05) is 0 Å². The Hall–Kier alpha value is 0.160. The van der Waals surface area contributed by atoms with Gasteiger partial charge in [0, 0.05) is 0 Å². The fourth-order valence-corrected chi connectivity index (χ4v) is 3.35. The fraction of sp³-hybridized carbons (Fsp3) is 0.750. The molecule has 0 bridgehead atoms. The molecular formula is C4H8INO2. The summed E-state index contributed by atoms with van der Waals surface area (Å²) in [7, 11) is 0. The SMILES string of the molecule is O=CNI1CCOC1. The van der Waals surface area contributed by atoms with Crippen molar-refractivity contribution in [3.05, 3.63) is 0 Å². The van der Waals surface area contributed by atoms with E-state index in [0.717, 1.165) is 22.1 Å². The predicted molar refractivity (Wildman–Crippen MR) is 38.9 cm³/mol. The van der Waals surface area contributed by atoms with Gasteiger partial charge in [-0.25, -0.2) is 0 Å². The molecule has 3 nitrogen and oxygen atoms in total.